The molecule has 0 saturated carbocycles. The molecular weight excluding hydrogens is 230 g/mol. The van der Waals surface area contributed by atoms with Gasteiger partial charge in [-0.25, -0.2) is 0 Å². The highest BCUT2D eigenvalue weighted by Crippen LogP contribution is 2.24. The minimum absolute atomic E-state index is 0.403. The molecule has 0 fully saturated rings. The van der Waals surface area contributed by atoms with Gasteiger partial charge in [0.05, 0.1) is 7.11 Å². The molecule has 0 aliphatic heterocycles. The lowest BCUT2D eigenvalue weighted by molar-refractivity contribution is 0.415. The molecule has 2 aromatic rings. The van der Waals surface area contributed by atoms with Gasteiger partial charge in [-0.3, -0.25) is 4.55 Å². The highest BCUT2D eigenvalue weighted by molar-refractivity contribution is 7.85. The van der Waals surface area contributed by atoms with E-state index in [4.69, 9.17) is 9.29 Å². The fraction of sp³-hybridized carbons (Fsp3) is 0.200. The van der Waals surface area contributed by atoms with Crippen LogP contribution in [0.25, 0.3) is 10.9 Å². The van der Waals surface area contributed by atoms with Crippen molar-refractivity contribution in [3.63, 3.8) is 0 Å². The van der Waals surface area contributed by atoms with Crippen molar-refractivity contribution in [3.05, 3.63) is 30.0 Å². The van der Waals surface area contributed by atoms with Crippen molar-refractivity contribution in [1.29, 1.82) is 0 Å². The molecule has 0 radical (unpaired) electrons. The number of benzene rings is 1. The first kappa shape index (κ1) is 11.0. The van der Waals surface area contributed by atoms with E-state index in [1.807, 2.05) is 0 Å². The Balaban J connectivity index is 2.54. The second kappa shape index (κ2) is 3.80. The number of ether oxygens (including phenoxy) is 1. The Hall–Kier alpha value is -1.53. The molecule has 0 atom stereocenters. The summed E-state index contributed by atoms with van der Waals surface area (Å²) in [5, 5.41) is 0.733. The van der Waals surface area contributed by atoms with Crippen LogP contribution in [0.2, 0.25) is 0 Å². The van der Waals surface area contributed by atoms with Crippen molar-refractivity contribution in [2.24, 2.45) is 0 Å². The minimum atomic E-state index is -4.02. The van der Waals surface area contributed by atoms with Crippen LogP contribution in [0.1, 0.15) is 5.56 Å². The molecular formula is C10H11NO4S. The molecule has 0 aliphatic carbocycles. The van der Waals surface area contributed by atoms with E-state index in [1.165, 1.54) is 7.11 Å². The molecule has 86 valence electrons. The van der Waals surface area contributed by atoms with E-state index in [1.54, 1.807) is 24.4 Å². The molecule has 1 heterocycles. The molecule has 0 saturated heterocycles. The van der Waals surface area contributed by atoms with Crippen molar-refractivity contribution in [2.75, 3.05) is 7.11 Å². The second-order valence-corrected chi connectivity index (χ2v) is 4.90. The standard InChI is InChI=1S/C10H11NO4S/c1-15-8-2-3-10-9(4-8)7(5-11-10)6-16(12,13)14/h2-5,11H,6H2,1H3,(H,12,13,14). The number of nitrogens with one attached hydrogen (secondary N) is 1. The number of methoxy groups -OCH3 is 1. The molecule has 6 heteroatoms. The summed E-state index contributed by atoms with van der Waals surface area (Å²) in [6.07, 6.45) is 1.57. The summed E-state index contributed by atoms with van der Waals surface area (Å²) in [7, 11) is -2.48. The molecule has 0 aliphatic rings. The molecule has 2 N–H and O–H groups in total. The molecule has 0 unspecified atom stereocenters. The SMILES string of the molecule is COc1ccc2[nH]cc(CS(=O)(=O)O)c2c1. The third-order valence-electron chi connectivity index (χ3n) is 2.31. The lowest BCUT2D eigenvalue weighted by Crippen LogP contribution is -2.00. The number of hydrogen-bond acceptors (Lipinski definition) is 3. The average Bonchev–Trinajstić information content (AvgIpc) is 2.58. The molecule has 1 aromatic heterocycles. The Labute approximate surface area is 92.8 Å². The number of fused-ring (bicyclic) bond motifs is 1. The number of rotatable bonds is 3. The lowest BCUT2D eigenvalue weighted by Gasteiger charge is -2.00. The molecule has 0 amide bonds. The summed E-state index contributed by atoms with van der Waals surface area (Å²) in [5.41, 5.74) is 1.33. The fourth-order valence-electron chi connectivity index (χ4n) is 1.60. The number of hydrogen-bond donors (Lipinski definition) is 2. The lowest BCUT2D eigenvalue weighted by atomic mass is 10.2. The third kappa shape index (κ3) is 2.17. The van der Waals surface area contributed by atoms with E-state index in [2.05, 4.69) is 4.98 Å². The van der Waals surface area contributed by atoms with Gasteiger partial charge in [0.25, 0.3) is 10.1 Å². The molecule has 16 heavy (non-hydrogen) atoms. The number of aromatic nitrogens is 1. The summed E-state index contributed by atoms with van der Waals surface area (Å²) in [5.74, 6) is 0.240. The van der Waals surface area contributed by atoms with Gasteiger partial charge in [0.1, 0.15) is 11.5 Å². The maximum atomic E-state index is 10.8. The summed E-state index contributed by atoms with van der Waals surface area (Å²) in [6, 6.07) is 5.30. The van der Waals surface area contributed by atoms with Gasteiger partial charge in [-0.05, 0) is 23.8 Å². The zero-order chi connectivity index (χ0) is 11.8. The quantitative estimate of drug-likeness (QED) is 0.799. The molecule has 2 rings (SSSR count). The van der Waals surface area contributed by atoms with E-state index in [0.717, 1.165) is 10.9 Å². The Bertz CT molecular complexity index is 615. The van der Waals surface area contributed by atoms with Gasteiger partial charge in [0.15, 0.2) is 0 Å². The van der Waals surface area contributed by atoms with Gasteiger partial charge < -0.3 is 9.72 Å². The zero-order valence-electron chi connectivity index (χ0n) is 8.60. The Morgan fingerprint density at radius 3 is 2.81 bits per heavy atom. The maximum absolute atomic E-state index is 10.8. The van der Waals surface area contributed by atoms with Gasteiger partial charge in [0.2, 0.25) is 0 Å². The molecule has 5 nitrogen and oxygen atoms in total. The first-order valence-corrected chi connectivity index (χ1v) is 6.20. The molecule has 1 aromatic carbocycles. The zero-order valence-corrected chi connectivity index (χ0v) is 9.41. The van der Waals surface area contributed by atoms with Crippen LogP contribution in [0.4, 0.5) is 0 Å². The monoisotopic (exact) mass is 241 g/mol. The summed E-state index contributed by atoms with van der Waals surface area (Å²) < 4.78 is 35.5. The van der Waals surface area contributed by atoms with E-state index < -0.39 is 15.9 Å². The number of H-pyrrole nitrogens is 1. The van der Waals surface area contributed by atoms with Crippen molar-refractivity contribution in [2.45, 2.75) is 5.75 Å². The predicted molar refractivity (Wildman–Crippen MR) is 60.1 cm³/mol. The van der Waals surface area contributed by atoms with Crippen molar-refractivity contribution < 1.29 is 17.7 Å². The smallest absolute Gasteiger partial charge is 0.269 e. The van der Waals surface area contributed by atoms with Crippen LogP contribution in [0.5, 0.6) is 5.75 Å². The van der Waals surface area contributed by atoms with E-state index >= 15 is 0 Å². The Morgan fingerprint density at radius 2 is 2.19 bits per heavy atom. The van der Waals surface area contributed by atoms with Crippen LogP contribution in [0.15, 0.2) is 24.4 Å². The van der Waals surface area contributed by atoms with Crippen molar-refractivity contribution in [3.8, 4) is 5.75 Å². The van der Waals surface area contributed by atoms with Crippen molar-refractivity contribution >= 4 is 21.0 Å². The van der Waals surface area contributed by atoms with Crippen LogP contribution in [-0.2, 0) is 15.9 Å². The highest BCUT2D eigenvalue weighted by atomic mass is 32.2. The number of aromatic amines is 1. The normalized spacial score (nSPS) is 11.9. The summed E-state index contributed by atoms with van der Waals surface area (Å²) in [4.78, 5) is 2.93. The van der Waals surface area contributed by atoms with E-state index in [-0.39, 0.29) is 0 Å². The van der Waals surface area contributed by atoms with Crippen molar-refractivity contribution in [1.82, 2.24) is 4.98 Å². The van der Waals surface area contributed by atoms with Crippen LogP contribution < -0.4 is 4.74 Å². The largest absolute Gasteiger partial charge is 0.497 e. The molecule has 0 bridgehead atoms. The minimum Gasteiger partial charge on any atom is -0.497 e. The fourth-order valence-corrected chi connectivity index (χ4v) is 2.23. The molecule has 0 spiro atoms. The van der Waals surface area contributed by atoms with E-state index in [9.17, 15) is 8.42 Å². The first-order chi connectivity index (χ1) is 7.49. The van der Waals surface area contributed by atoms with Gasteiger partial charge in [-0.15, -0.1) is 0 Å². The summed E-state index contributed by atoms with van der Waals surface area (Å²) >= 11 is 0. The van der Waals surface area contributed by atoms with Crippen LogP contribution >= 0.6 is 0 Å². The van der Waals surface area contributed by atoms with Crippen LogP contribution in [-0.4, -0.2) is 25.1 Å². The Kier molecular flexibility index (Phi) is 2.61. The van der Waals surface area contributed by atoms with Gasteiger partial charge in [-0.1, -0.05) is 0 Å². The third-order valence-corrected chi connectivity index (χ3v) is 2.99. The van der Waals surface area contributed by atoms with Crippen LogP contribution in [0, 0.1) is 0 Å². The summed E-state index contributed by atoms with van der Waals surface area (Å²) in [6.45, 7) is 0. The average molecular weight is 241 g/mol. The van der Waals surface area contributed by atoms with Crippen LogP contribution in [0.3, 0.4) is 0 Å². The Morgan fingerprint density at radius 1 is 1.44 bits per heavy atom. The maximum Gasteiger partial charge on any atom is 0.269 e. The topological polar surface area (TPSA) is 79.4 Å². The predicted octanol–water partition coefficient (Wildman–Crippen LogP) is 1.56. The van der Waals surface area contributed by atoms with Gasteiger partial charge >= 0.3 is 0 Å². The second-order valence-electron chi connectivity index (χ2n) is 3.45. The van der Waals surface area contributed by atoms with Gasteiger partial charge in [-0.2, -0.15) is 8.42 Å². The van der Waals surface area contributed by atoms with Gasteiger partial charge in [0, 0.05) is 17.1 Å². The van der Waals surface area contributed by atoms with E-state index in [0.29, 0.717) is 11.3 Å². The first-order valence-electron chi connectivity index (χ1n) is 4.59. The highest BCUT2D eigenvalue weighted by Gasteiger charge is 2.11.